The number of ether oxygens (including phenoxy) is 1. The van der Waals surface area contributed by atoms with Crippen LogP contribution in [-0.4, -0.2) is 44.3 Å². The van der Waals surface area contributed by atoms with Gasteiger partial charge in [0.25, 0.3) is 0 Å². The molecule has 1 saturated carbocycles. The Kier molecular flexibility index (Phi) is 7.72. The summed E-state index contributed by atoms with van der Waals surface area (Å²) in [7, 11) is 0. The van der Waals surface area contributed by atoms with E-state index in [1.165, 1.54) is 0 Å². The number of aromatic nitrogens is 4. The molecule has 0 atom stereocenters. The molecule has 202 valence electrons. The highest BCUT2D eigenvalue weighted by molar-refractivity contribution is 6.02. The number of esters is 1. The molecule has 0 N–H and O–H groups in total. The van der Waals surface area contributed by atoms with Gasteiger partial charge >= 0.3 is 5.97 Å². The van der Waals surface area contributed by atoms with E-state index in [2.05, 4.69) is 16.9 Å². The smallest absolute Gasteiger partial charge is 0.343 e. The molecule has 1 aromatic carbocycles. The molecule has 8 heteroatoms. The van der Waals surface area contributed by atoms with Crippen LogP contribution in [0.4, 0.5) is 5.82 Å². The average molecular weight is 526 g/mol. The molecule has 0 spiro atoms. The SMILES string of the molecule is CCOC(=O)c1cn(-c2ccc(-c3ccc4cccnc4n3)cc2)nc1N(C(=O)[C@H]1CC[C@H](C)CC1)C(C)C. The van der Waals surface area contributed by atoms with Crippen LogP contribution in [0.2, 0.25) is 0 Å². The number of pyridine rings is 2. The van der Waals surface area contributed by atoms with Crippen LogP contribution in [0.3, 0.4) is 0 Å². The first-order valence-electron chi connectivity index (χ1n) is 13.8. The first kappa shape index (κ1) is 26.5. The van der Waals surface area contributed by atoms with Gasteiger partial charge in [-0.1, -0.05) is 19.1 Å². The molecule has 3 aromatic heterocycles. The predicted octanol–water partition coefficient (Wildman–Crippen LogP) is 6.23. The Balaban J connectivity index is 1.48. The van der Waals surface area contributed by atoms with Crippen LogP contribution >= 0.6 is 0 Å². The maximum absolute atomic E-state index is 13.7. The van der Waals surface area contributed by atoms with E-state index >= 15 is 0 Å². The summed E-state index contributed by atoms with van der Waals surface area (Å²) in [6.45, 7) is 8.15. The van der Waals surface area contributed by atoms with Crippen molar-refractivity contribution in [2.75, 3.05) is 11.5 Å². The quantitative estimate of drug-likeness (QED) is 0.266. The maximum atomic E-state index is 13.7. The van der Waals surface area contributed by atoms with Gasteiger partial charge in [-0.25, -0.2) is 19.4 Å². The van der Waals surface area contributed by atoms with E-state index < -0.39 is 5.97 Å². The molecule has 1 fully saturated rings. The van der Waals surface area contributed by atoms with Crippen LogP contribution in [0.5, 0.6) is 0 Å². The zero-order valence-corrected chi connectivity index (χ0v) is 23.0. The van der Waals surface area contributed by atoms with Crippen molar-refractivity contribution in [3.8, 4) is 16.9 Å². The molecule has 3 heterocycles. The number of rotatable bonds is 7. The van der Waals surface area contributed by atoms with Crippen LogP contribution in [0, 0.1) is 11.8 Å². The summed E-state index contributed by atoms with van der Waals surface area (Å²) in [5.41, 5.74) is 3.50. The van der Waals surface area contributed by atoms with Gasteiger partial charge in [0.15, 0.2) is 11.5 Å². The van der Waals surface area contributed by atoms with Crippen LogP contribution < -0.4 is 4.90 Å². The second-order valence-electron chi connectivity index (χ2n) is 10.6. The minimum atomic E-state index is -0.487. The van der Waals surface area contributed by atoms with E-state index in [0.717, 1.165) is 48.0 Å². The highest BCUT2D eigenvalue weighted by atomic mass is 16.5. The van der Waals surface area contributed by atoms with Crippen molar-refractivity contribution in [3.63, 3.8) is 0 Å². The van der Waals surface area contributed by atoms with Gasteiger partial charge in [0.05, 0.1) is 18.0 Å². The van der Waals surface area contributed by atoms with Gasteiger partial charge in [-0.05, 0) is 88.8 Å². The topological polar surface area (TPSA) is 90.2 Å². The molecule has 4 aromatic rings. The standard InChI is InChI=1S/C31H35N5O3/c1-5-39-31(38)26-19-35(34-29(26)36(20(2)3)30(37)24-10-8-21(4)9-11-24)25-15-12-22(13-16-25)27-17-14-23-7-6-18-32-28(23)33-27/h6-7,12-21,24H,5,8-11H2,1-4H3/t21-,24-. The third kappa shape index (κ3) is 5.55. The number of carbonyl (C=O) groups is 2. The number of amides is 1. The fourth-order valence-corrected chi connectivity index (χ4v) is 5.23. The molecule has 0 aliphatic heterocycles. The van der Waals surface area contributed by atoms with Gasteiger partial charge in [0, 0.05) is 35.3 Å². The zero-order valence-electron chi connectivity index (χ0n) is 23.0. The van der Waals surface area contributed by atoms with Crippen LogP contribution in [0.1, 0.15) is 63.7 Å². The summed E-state index contributed by atoms with van der Waals surface area (Å²) >= 11 is 0. The number of anilines is 1. The van der Waals surface area contributed by atoms with Gasteiger partial charge < -0.3 is 4.74 Å². The van der Waals surface area contributed by atoms with Gasteiger partial charge in [0.2, 0.25) is 5.91 Å². The van der Waals surface area contributed by atoms with Gasteiger partial charge in [-0.2, -0.15) is 0 Å². The number of nitrogens with zero attached hydrogens (tertiary/aromatic N) is 5. The lowest BCUT2D eigenvalue weighted by Gasteiger charge is -2.32. The number of hydrogen-bond acceptors (Lipinski definition) is 6. The maximum Gasteiger partial charge on any atom is 0.343 e. The van der Waals surface area contributed by atoms with Crippen molar-refractivity contribution < 1.29 is 14.3 Å². The zero-order chi connectivity index (χ0) is 27.5. The number of hydrogen-bond donors (Lipinski definition) is 0. The molecular formula is C31H35N5O3. The minimum absolute atomic E-state index is 0.0269. The molecule has 0 bridgehead atoms. The molecule has 1 amide bonds. The lowest BCUT2D eigenvalue weighted by molar-refractivity contribution is -0.124. The first-order chi connectivity index (χ1) is 18.9. The Bertz CT molecular complexity index is 1470. The molecule has 1 aliphatic rings. The van der Waals surface area contributed by atoms with Crippen LogP contribution in [0.15, 0.2) is 60.9 Å². The Morgan fingerprint density at radius 3 is 2.49 bits per heavy atom. The van der Waals surface area contributed by atoms with E-state index in [1.807, 2.05) is 62.4 Å². The fourth-order valence-electron chi connectivity index (χ4n) is 5.23. The number of fused-ring (bicyclic) bond motifs is 1. The summed E-state index contributed by atoms with van der Waals surface area (Å²) in [5, 5.41) is 5.76. The van der Waals surface area contributed by atoms with Crippen molar-refractivity contribution in [2.45, 2.75) is 59.4 Å². The minimum Gasteiger partial charge on any atom is -0.462 e. The third-order valence-electron chi connectivity index (χ3n) is 7.43. The van der Waals surface area contributed by atoms with E-state index in [9.17, 15) is 9.59 Å². The normalized spacial score (nSPS) is 17.4. The summed E-state index contributed by atoms with van der Waals surface area (Å²) in [4.78, 5) is 37.5. The molecule has 39 heavy (non-hydrogen) atoms. The van der Waals surface area contributed by atoms with Crippen molar-refractivity contribution in [1.29, 1.82) is 0 Å². The Labute approximate surface area is 229 Å². The Hall–Kier alpha value is -4.07. The van der Waals surface area contributed by atoms with E-state index in [0.29, 0.717) is 17.4 Å². The van der Waals surface area contributed by atoms with E-state index in [1.54, 1.807) is 28.9 Å². The summed E-state index contributed by atoms with van der Waals surface area (Å²) in [6.07, 6.45) is 7.19. The molecular weight excluding hydrogens is 490 g/mol. The Morgan fingerprint density at radius 1 is 1.05 bits per heavy atom. The van der Waals surface area contributed by atoms with E-state index in [-0.39, 0.29) is 30.0 Å². The molecule has 0 saturated heterocycles. The lowest BCUT2D eigenvalue weighted by atomic mass is 9.82. The third-order valence-corrected chi connectivity index (χ3v) is 7.43. The molecule has 0 radical (unpaired) electrons. The van der Waals surface area contributed by atoms with Gasteiger partial charge in [0.1, 0.15) is 5.56 Å². The highest BCUT2D eigenvalue weighted by Crippen LogP contribution is 2.33. The van der Waals surface area contributed by atoms with Crippen LogP contribution in [-0.2, 0) is 9.53 Å². The second kappa shape index (κ2) is 11.4. The molecule has 8 nitrogen and oxygen atoms in total. The number of benzene rings is 1. The Morgan fingerprint density at radius 2 is 1.79 bits per heavy atom. The molecule has 0 unspecified atom stereocenters. The highest BCUT2D eigenvalue weighted by Gasteiger charge is 2.34. The average Bonchev–Trinajstić information content (AvgIpc) is 3.38. The van der Waals surface area contributed by atoms with Crippen molar-refractivity contribution in [2.24, 2.45) is 11.8 Å². The number of carbonyl (C=O) groups excluding carboxylic acids is 2. The van der Waals surface area contributed by atoms with Gasteiger partial charge in [-0.15, -0.1) is 5.10 Å². The molecule has 5 rings (SSSR count). The largest absolute Gasteiger partial charge is 0.462 e. The van der Waals surface area contributed by atoms with E-state index in [4.69, 9.17) is 9.84 Å². The van der Waals surface area contributed by atoms with Crippen molar-refractivity contribution in [3.05, 3.63) is 66.5 Å². The lowest BCUT2D eigenvalue weighted by Crippen LogP contribution is -2.43. The monoisotopic (exact) mass is 525 g/mol. The summed E-state index contributed by atoms with van der Waals surface area (Å²) < 4.78 is 7.00. The second-order valence-corrected chi connectivity index (χ2v) is 10.6. The van der Waals surface area contributed by atoms with Gasteiger partial charge in [-0.3, -0.25) is 9.69 Å². The fraction of sp³-hybridized carbons (Fsp3) is 0.387. The van der Waals surface area contributed by atoms with Crippen molar-refractivity contribution >= 4 is 28.7 Å². The summed E-state index contributed by atoms with van der Waals surface area (Å²) in [6, 6.07) is 15.5. The first-order valence-corrected chi connectivity index (χ1v) is 13.8. The van der Waals surface area contributed by atoms with Crippen molar-refractivity contribution in [1.82, 2.24) is 19.7 Å². The molecule has 1 aliphatic carbocycles. The van der Waals surface area contributed by atoms with Crippen LogP contribution in [0.25, 0.3) is 28.0 Å². The summed E-state index contributed by atoms with van der Waals surface area (Å²) in [5.74, 6) is 0.461. The predicted molar refractivity (Wildman–Crippen MR) is 152 cm³/mol.